The van der Waals surface area contributed by atoms with Crippen molar-refractivity contribution in [1.29, 1.82) is 0 Å². The normalized spacial score (nSPS) is 17.0. The molecule has 3 heterocycles. The summed E-state index contributed by atoms with van der Waals surface area (Å²) in [7, 11) is 0. The summed E-state index contributed by atoms with van der Waals surface area (Å²) in [5.74, 6) is -1.18. The van der Waals surface area contributed by atoms with Gasteiger partial charge in [0.2, 0.25) is 0 Å². The zero-order valence-corrected chi connectivity index (χ0v) is 22.7. The topological polar surface area (TPSA) is 81.2 Å². The molecule has 1 aromatic heterocycles. The third-order valence-electron chi connectivity index (χ3n) is 7.76. The number of imidazole rings is 1. The number of carboxylic acid groups (broad SMARTS) is 1. The monoisotopic (exact) mass is 570 g/mol. The Hall–Kier alpha value is -4.59. The molecular formula is C32H28F2N4O4. The highest BCUT2D eigenvalue weighted by Crippen LogP contribution is 2.30. The van der Waals surface area contributed by atoms with Gasteiger partial charge in [0.25, 0.3) is 0 Å². The molecule has 0 bridgehead atoms. The van der Waals surface area contributed by atoms with Crippen molar-refractivity contribution in [3.05, 3.63) is 106 Å². The summed E-state index contributed by atoms with van der Waals surface area (Å²) in [6.07, 6.45) is 3.88. The van der Waals surface area contributed by atoms with E-state index in [-0.39, 0.29) is 35.3 Å². The lowest BCUT2D eigenvalue weighted by atomic mass is 9.99. The number of hydrogen-bond acceptors (Lipinski definition) is 5. The van der Waals surface area contributed by atoms with Crippen molar-refractivity contribution in [3.8, 4) is 5.75 Å². The van der Waals surface area contributed by atoms with Crippen LogP contribution in [0.25, 0.3) is 21.5 Å². The van der Waals surface area contributed by atoms with Crippen LogP contribution < -0.4 is 4.74 Å². The van der Waals surface area contributed by atoms with Gasteiger partial charge in [-0.3, -0.25) is 4.90 Å². The van der Waals surface area contributed by atoms with Gasteiger partial charge in [0.1, 0.15) is 18.2 Å². The van der Waals surface area contributed by atoms with Gasteiger partial charge in [-0.1, -0.05) is 24.3 Å². The van der Waals surface area contributed by atoms with Crippen LogP contribution in [0.2, 0.25) is 0 Å². The minimum atomic E-state index is -0.975. The second kappa shape index (κ2) is 11.7. The number of aromatic nitrogens is 2. The van der Waals surface area contributed by atoms with E-state index in [4.69, 9.17) is 21.0 Å². The van der Waals surface area contributed by atoms with Gasteiger partial charge in [-0.2, -0.15) is 0 Å². The third-order valence-corrected chi connectivity index (χ3v) is 7.76. The third kappa shape index (κ3) is 5.75. The van der Waals surface area contributed by atoms with Gasteiger partial charge >= 0.3 is 5.97 Å². The molecule has 10 heteroatoms. The predicted molar refractivity (Wildman–Crippen MR) is 152 cm³/mol. The summed E-state index contributed by atoms with van der Waals surface area (Å²) in [6.45, 7) is 10.2. The molecule has 8 nitrogen and oxygen atoms in total. The van der Waals surface area contributed by atoms with Crippen LogP contribution in [0.1, 0.15) is 40.2 Å². The number of benzene rings is 3. The number of aromatic carboxylic acids is 1. The van der Waals surface area contributed by atoms with Crippen molar-refractivity contribution in [2.45, 2.75) is 38.6 Å². The van der Waals surface area contributed by atoms with Crippen LogP contribution in [0.3, 0.4) is 0 Å². The van der Waals surface area contributed by atoms with E-state index in [0.29, 0.717) is 19.6 Å². The Morgan fingerprint density at radius 1 is 1.14 bits per heavy atom. The lowest BCUT2D eigenvalue weighted by Gasteiger charge is -2.29. The maximum atomic E-state index is 14.5. The van der Waals surface area contributed by atoms with E-state index in [1.807, 2.05) is 0 Å². The summed E-state index contributed by atoms with van der Waals surface area (Å²) in [5.41, 5.74) is 4.10. The Morgan fingerprint density at radius 3 is 2.69 bits per heavy atom. The zero-order valence-electron chi connectivity index (χ0n) is 22.7. The van der Waals surface area contributed by atoms with Crippen molar-refractivity contribution < 1.29 is 28.2 Å². The largest absolute Gasteiger partial charge is 0.486 e. The molecule has 6 rings (SSSR count). The van der Waals surface area contributed by atoms with Crippen molar-refractivity contribution in [2.24, 2.45) is 0 Å². The van der Waals surface area contributed by atoms with Crippen molar-refractivity contribution in [2.75, 3.05) is 19.7 Å². The average Bonchev–Trinajstić information content (AvgIpc) is 3.31. The average molecular weight is 571 g/mol. The fourth-order valence-corrected chi connectivity index (χ4v) is 5.27. The van der Waals surface area contributed by atoms with Crippen molar-refractivity contribution >= 4 is 28.3 Å². The van der Waals surface area contributed by atoms with Gasteiger partial charge in [-0.25, -0.2) is 23.4 Å². The van der Waals surface area contributed by atoms with Crippen LogP contribution in [-0.4, -0.2) is 51.3 Å². The molecule has 4 aromatic rings. The number of hydrogen-bond donors (Lipinski definition) is 1. The Morgan fingerprint density at radius 2 is 2.00 bits per heavy atom. The fraction of sp³-hybridized carbons (Fsp3) is 0.281. The molecule has 0 aliphatic carbocycles. The molecule has 3 aromatic carbocycles. The molecule has 2 aliphatic heterocycles. The Kier molecular flexibility index (Phi) is 7.69. The van der Waals surface area contributed by atoms with E-state index < -0.39 is 17.6 Å². The molecule has 1 fully saturated rings. The minimum absolute atomic E-state index is 0.0390. The summed E-state index contributed by atoms with van der Waals surface area (Å²) in [4.78, 5) is 21.9. The van der Waals surface area contributed by atoms with E-state index in [1.54, 1.807) is 30.3 Å². The van der Waals surface area contributed by atoms with Crippen LogP contribution in [0.15, 0.2) is 60.7 Å². The first-order valence-electron chi connectivity index (χ1n) is 13.7. The molecule has 0 spiro atoms. The standard InChI is InChI=1S/C32H28F2N4O4/c1-35-24-5-2-23(27(34)16-24)19-42-30-15-21(3-6-26(30)33)20-8-11-37(12-9-20)18-31-36-28-7-4-22(32(39)40)14-29(28)38(31)17-25-10-13-41-25/h2-8,14-16,25H,9-13,17-19H2,(H,39,40)/t25-/m0/s1. The van der Waals surface area contributed by atoms with Gasteiger partial charge in [0.05, 0.1) is 42.4 Å². The Bertz CT molecular complexity index is 1740. The lowest BCUT2D eigenvalue weighted by molar-refractivity contribution is -0.0591. The van der Waals surface area contributed by atoms with Crippen LogP contribution in [0.4, 0.5) is 14.5 Å². The Balaban J connectivity index is 1.16. The van der Waals surface area contributed by atoms with Crippen LogP contribution in [0.5, 0.6) is 5.75 Å². The SMILES string of the molecule is [C-]#[N+]c1ccc(COc2cc(C3=CCN(Cc4nc5ccc(C(=O)O)cc5n4C[C@@H]4CCO4)CC3)ccc2F)c(F)c1. The predicted octanol–water partition coefficient (Wildman–Crippen LogP) is 6.22. The number of rotatable bonds is 9. The van der Waals surface area contributed by atoms with Gasteiger partial charge in [0.15, 0.2) is 17.3 Å². The summed E-state index contributed by atoms with van der Waals surface area (Å²) < 4.78 is 42.2. The van der Waals surface area contributed by atoms with E-state index in [2.05, 4.69) is 20.4 Å². The highest BCUT2D eigenvalue weighted by molar-refractivity contribution is 5.92. The molecule has 42 heavy (non-hydrogen) atoms. The van der Waals surface area contributed by atoms with E-state index in [1.165, 1.54) is 18.2 Å². The second-order valence-corrected chi connectivity index (χ2v) is 10.5. The van der Waals surface area contributed by atoms with Gasteiger partial charge in [-0.05, 0) is 60.4 Å². The summed E-state index contributed by atoms with van der Waals surface area (Å²) >= 11 is 0. The number of halogens is 2. The highest BCUT2D eigenvalue weighted by atomic mass is 19.1. The molecule has 0 unspecified atom stereocenters. The zero-order chi connectivity index (χ0) is 29.2. The molecule has 2 aliphatic rings. The first-order valence-corrected chi connectivity index (χ1v) is 13.7. The highest BCUT2D eigenvalue weighted by Gasteiger charge is 2.24. The molecule has 1 saturated heterocycles. The molecule has 0 saturated carbocycles. The van der Waals surface area contributed by atoms with Crippen LogP contribution in [-0.2, 0) is 24.4 Å². The molecular weight excluding hydrogens is 542 g/mol. The number of carbonyl (C=O) groups is 1. The fourth-order valence-electron chi connectivity index (χ4n) is 5.27. The molecule has 0 radical (unpaired) electrons. The molecule has 1 N–H and O–H groups in total. The van der Waals surface area contributed by atoms with Gasteiger partial charge in [-0.15, -0.1) is 0 Å². The van der Waals surface area contributed by atoms with Gasteiger partial charge < -0.3 is 19.1 Å². The number of fused-ring (bicyclic) bond motifs is 1. The molecule has 1 atom stereocenters. The number of ether oxygens (including phenoxy) is 2. The summed E-state index contributed by atoms with van der Waals surface area (Å²) in [6, 6.07) is 13.8. The quantitative estimate of drug-likeness (QED) is 0.241. The van der Waals surface area contributed by atoms with Crippen molar-refractivity contribution in [1.82, 2.24) is 14.5 Å². The van der Waals surface area contributed by atoms with Gasteiger partial charge in [0, 0.05) is 25.3 Å². The first kappa shape index (κ1) is 27.6. The molecule has 0 amide bonds. The second-order valence-electron chi connectivity index (χ2n) is 10.5. The van der Waals surface area contributed by atoms with E-state index >= 15 is 0 Å². The molecule has 214 valence electrons. The maximum absolute atomic E-state index is 14.5. The first-order chi connectivity index (χ1) is 20.4. The van der Waals surface area contributed by atoms with Crippen LogP contribution in [0, 0.1) is 18.2 Å². The van der Waals surface area contributed by atoms with E-state index in [0.717, 1.165) is 60.1 Å². The maximum Gasteiger partial charge on any atom is 0.335 e. The smallest absolute Gasteiger partial charge is 0.335 e. The number of carboxylic acids is 1. The Labute approximate surface area is 241 Å². The minimum Gasteiger partial charge on any atom is -0.486 e. The van der Waals surface area contributed by atoms with Crippen molar-refractivity contribution in [3.63, 3.8) is 0 Å². The number of nitrogens with zero attached hydrogens (tertiary/aromatic N) is 4. The summed E-state index contributed by atoms with van der Waals surface area (Å²) in [5, 5.41) is 9.48. The van der Waals surface area contributed by atoms with E-state index in [9.17, 15) is 18.7 Å². The van der Waals surface area contributed by atoms with Crippen LogP contribution >= 0.6 is 0 Å². The lowest BCUT2D eigenvalue weighted by Crippen LogP contribution is -2.33.